The average molecular weight is 595 g/mol. The second-order valence-corrected chi connectivity index (χ2v) is 10.1. The molecule has 8 nitrogen and oxygen atoms in total. The van der Waals surface area contributed by atoms with Crippen LogP contribution in [-0.2, 0) is 17.8 Å². The van der Waals surface area contributed by atoms with Crippen LogP contribution in [0.1, 0.15) is 61.9 Å². The van der Waals surface area contributed by atoms with Crippen LogP contribution in [0.25, 0.3) is 11.3 Å². The van der Waals surface area contributed by atoms with Gasteiger partial charge < -0.3 is 25.0 Å². The Balaban J connectivity index is 1.69. The van der Waals surface area contributed by atoms with Gasteiger partial charge in [-0.1, -0.05) is 35.9 Å². The summed E-state index contributed by atoms with van der Waals surface area (Å²) < 4.78 is 45.3. The van der Waals surface area contributed by atoms with Gasteiger partial charge in [-0.15, -0.1) is 0 Å². The van der Waals surface area contributed by atoms with Crippen molar-refractivity contribution in [2.45, 2.75) is 71.4 Å². The molecule has 3 unspecified atom stereocenters. The summed E-state index contributed by atoms with van der Waals surface area (Å²) >= 11 is 6.08. The quantitative estimate of drug-likeness (QED) is 0.258. The molecule has 3 aromatic rings. The largest absolute Gasteiger partial charge is 0.480 e. The molecule has 0 spiro atoms. The minimum Gasteiger partial charge on any atom is -0.480 e. The van der Waals surface area contributed by atoms with Crippen molar-refractivity contribution in [2.24, 2.45) is 0 Å². The van der Waals surface area contributed by atoms with E-state index in [2.05, 4.69) is 10.6 Å². The zero-order chi connectivity index (χ0) is 30.3. The molecule has 0 radical (unpaired) electrons. The molecule has 2 amide bonds. The number of amides is 2. The second kappa shape index (κ2) is 13.9. The zero-order valence-corrected chi connectivity index (χ0v) is 24.0. The van der Waals surface area contributed by atoms with Crippen molar-refractivity contribution in [3.63, 3.8) is 0 Å². The van der Waals surface area contributed by atoms with Crippen molar-refractivity contribution in [2.75, 3.05) is 6.61 Å². The molecule has 0 saturated heterocycles. The van der Waals surface area contributed by atoms with E-state index in [0.717, 1.165) is 29.6 Å². The molecule has 222 valence electrons. The van der Waals surface area contributed by atoms with Gasteiger partial charge >= 0.3 is 6.18 Å². The number of alkyl halides is 3. The first-order valence-electron chi connectivity index (χ1n) is 13.2. The highest BCUT2D eigenvalue weighted by Crippen LogP contribution is 2.31. The SMILES string of the molecule is CCn1cc(-c2ccc(CC(CCO)NC(=O)c3ccc(OC(C)C(F)(F)F)c(Cl)c3)cc2)nc1C(C)NC(C)=O. The van der Waals surface area contributed by atoms with E-state index in [9.17, 15) is 27.9 Å². The molecule has 0 aliphatic rings. The maximum Gasteiger partial charge on any atom is 0.425 e. The van der Waals surface area contributed by atoms with Gasteiger partial charge in [-0.2, -0.15) is 13.2 Å². The Morgan fingerprint density at radius 1 is 1.12 bits per heavy atom. The Morgan fingerprint density at radius 2 is 1.80 bits per heavy atom. The summed E-state index contributed by atoms with van der Waals surface area (Å²) in [5.74, 6) is -0.0471. The lowest BCUT2D eigenvalue weighted by atomic mass is 10.0. The van der Waals surface area contributed by atoms with Crippen molar-refractivity contribution >= 4 is 23.4 Å². The number of imidazole rings is 1. The summed E-state index contributed by atoms with van der Waals surface area (Å²) in [7, 11) is 0. The van der Waals surface area contributed by atoms with E-state index >= 15 is 0 Å². The molecule has 0 saturated carbocycles. The third kappa shape index (κ3) is 8.71. The fourth-order valence-electron chi connectivity index (χ4n) is 4.28. The maximum atomic E-state index is 12.9. The van der Waals surface area contributed by atoms with E-state index in [-0.39, 0.29) is 41.3 Å². The Hall–Kier alpha value is -3.57. The Labute approximate surface area is 241 Å². The van der Waals surface area contributed by atoms with E-state index in [1.807, 2.05) is 48.9 Å². The summed E-state index contributed by atoms with van der Waals surface area (Å²) in [6.07, 6.45) is -3.96. The maximum absolute atomic E-state index is 12.9. The van der Waals surface area contributed by atoms with Crippen LogP contribution in [0.3, 0.4) is 0 Å². The predicted octanol–water partition coefficient (Wildman–Crippen LogP) is 5.47. The number of nitrogens with one attached hydrogen (secondary N) is 2. The van der Waals surface area contributed by atoms with Crippen LogP contribution in [0, 0.1) is 0 Å². The van der Waals surface area contributed by atoms with Crippen LogP contribution in [-0.4, -0.2) is 51.4 Å². The summed E-state index contributed by atoms with van der Waals surface area (Å²) in [6, 6.07) is 10.8. The first kappa shape index (κ1) is 32.0. The summed E-state index contributed by atoms with van der Waals surface area (Å²) in [6.45, 7) is 6.75. The highest BCUT2D eigenvalue weighted by molar-refractivity contribution is 6.32. The number of rotatable bonds is 12. The topological polar surface area (TPSA) is 105 Å². The average Bonchev–Trinajstić information content (AvgIpc) is 3.34. The Kier molecular flexibility index (Phi) is 10.8. The fraction of sp³-hybridized carbons (Fsp3) is 0.414. The van der Waals surface area contributed by atoms with Crippen LogP contribution >= 0.6 is 11.6 Å². The molecule has 41 heavy (non-hydrogen) atoms. The number of aliphatic hydroxyl groups excluding tert-OH is 1. The number of aryl methyl sites for hydroxylation is 1. The van der Waals surface area contributed by atoms with E-state index in [4.69, 9.17) is 21.3 Å². The number of carbonyl (C=O) groups is 2. The molecule has 3 N–H and O–H groups in total. The molecular formula is C29H34ClF3N4O4. The third-order valence-corrected chi connectivity index (χ3v) is 6.75. The van der Waals surface area contributed by atoms with E-state index < -0.39 is 24.2 Å². The fourth-order valence-corrected chi connectivity index (χ4v) is 4.50. The second-order valence-electron chi connectivity index (χ2n) is 9.72. The predicted molar refractivity (Wildman–Crippen MR) is 150 cm³/mol. The number of hydrogen-bond donors (Lipinski definition) is 3. The molecule has 0 fully saturated rings. The molecular weight excluding hydrogens is 561 g/mol. The highest BCUT2D eigenvalue weighted by atomic mass is 35.5. The lowest BCUT2D eigenvalue weighted by molar-refractivity contribution is -0.189. The first-order chi connectivity index (χ1) is 19.3. The standard InChI is InChI=1S/C29H34ClF3N4O4/c1-5-37-16-25(36-27(37)17(2)34-19(4)39)21-8-6-20(7-9-21)14-23(12-13-38)35-28(40)22-10-11-26(24(30)15-22)41-18(3)29(31,32)33/h6-11,15-18,23,38H,5,12-14H2,1-4H3,(H,34,39)(H,35,40). The first-order valence-corrected chi connectivity index (χ1v) is 13.6. The van der Waals surface area contributed by atoms with Crippen molar-refractivity contribution in [3.8, 4) is 17.0 Å². The summed E-state index contributed by atoms with van der Waals surface area (Å²) in [5, 5.41) is 15.1. The van der Waals surface area contributed by atoms with Gasteiger partial charge in [-0.25, -0.2) is 4.98 Å². The van der Waals surface area contributed by atoms with Gasteiger partial charge in [0.25, 0.3) is 5.91 Å². The molecule has 1 heterocycles. The number of nitrogens with zero attached hydrogens (tertiary/aromatic N) is 2. The molecule has 0 aliphatic carbocycles. The number of aromatic nitrogens is 2. The van der Waals surface area contributed by atoms with Crippen LogP contribution in [0.15, 0.2) is 48.7 Å². The van der Waals surface area contributed by atoms with Crippen molar-refractivity contribution < 1.29 is 32.6 Å². The van der Waals surface area contributed by atoms with E-state index in [1.54, 1.807) is 0 Å². The lowest BCUT2D eigenvalue weighted by Crippen LogP contribution is -2.37. The van der Waals surface area contributed by atoms with Crippen molar-refractivity contribution in [1.82, 2.24) is 20.2 Å². The molecule has 12 heteroatoms. The van der Waals surface area contributed by atoms with Gasteiger partial charge in [0, 0.05) is 43.4 Å². The molecule has 1 aromatic heterocycles. The number of benzene rings is 2. The Morgan fingerprint density at radius 3 is 2.37 bits per heavy atom. The van der Waals surface area contributed by atoms with Gasteiger partial charge in [0.05, 0.1) is 16.8 Å². The van der Waals surface area contributed by atoms with Gasteiger partial charge in [0.15, 0.2) is 6.10 Å². The normalized spacial score (nSPS) is 13.8. The molecule has 0 bridgehead atoms. The third-order valence-electron chi connectivity index (χ3n) is 6.46. The summed E-state index contributed by atoms with van der Waals surface area (Å²) in [4.78, 5) is 29.1. The van der Waals surface area contributed by atoms with Gasteiger partial charge in [-0.05, 0) is 57.4 Å². The minimum atomic E-state index is -4.55. The number of hydrogen-bond acceptors (Lipinski definition) is 5. The number of halogens is 4. The molecule has 0 aliphatic heterocycles. The van der Waals surface area contributed by atoms with Crippen LogP contribution in [0.2, 0.25) is 5.02 Å². The van der Waals surface area contributed by atoms with Crippen LogP contribution in [0.4, 0.5) is 13.2 Å². The highest BCUT2D eigenvalue weighted by Gasteiger charge is 2.38. The number of carbonyl (C=O) groups excluding carboxylic acids is 2. The molecule has 3 rings (SSSR count). The minimum absolute atomic E-state index is 0.122. The van der Waals surface area contributed by atoms with E-state index in [1.165, 1.54) is 25.1 Å². The van der Waals surface area contributed by atoms with Gasteiger partial charge in [0.2, 0.25) is 5.91 Å². The number of aliphatic hydroxyl groups is 1. The monoisotopic (exact) mass is 594 g/mol. The van der Waals surface area contributed by atoms with Crippen LogP contribution < -0.4 is 15.4 Å². The Bertz CT molecular complexity index is 1340. The van der Waals surface area contributed by atoms with E-state index in [0.29, 0.717) is 13.0 Å². The van der Waals surface area contributed by atoms with Crippen molar-refractivity contribution in [3.05, 3.63) is 70.6 Å². The molecule has 3 atom stereocenters. The smallest absolute Gasteiger partial charge is 0.425 e. The summed E-state index contributed by atoms with van der Waals surface area (Å²) in [5.41, 5.74) is 2.71. The number of ether oxygens (including phenoxy) is 1. The van der Waals surface area contributed by atoms with Crippen molar-refractivity contribution in [1.29, 1.82) is 0 Å². The van der Waals surface area contributed by atoms with Gasteiger partial charge in [-0.3, -0.25) is 9.59 Å². The molecule has 2 aromatic carbocycles. The zero-order valence-electron chi connectivity index (χ0n) is 23.3. The van der Waals surface area contributed by atoms with Crippen LogP contribution in [0.5, 0.6) is 5.75 Å². The van der Waals surface area contributed by atoms with Gasteiger partial charge in [0.1, 0.15) is 11.6 Å². The lowest BCUT2D eigenvalue weighted by Gasteiger charge is -2.20.